The molecule has 0 aliphatic carbocycles. The van der Waals surface area contributed by atoms with Gasteiger partial charge in [-0.3, -0.25) is 4.68 Å². The van der Waals surface area contributed by atoms with Crippen molar-refractivity contribution in [3.8, 4) is 0 Å². The van der Waals surface area contributed by atoms with Crippen LogP contribution in [-0.2, 0) is 17.3 Å². The lowest BCUT2D eigenvalue weighted by atomic mass is 10.0. The van der Waals surface area contributed by atoms with Gasteiger partial charge in [-0.15, -0.1) is 0 Å². The normalized spacial score (nSPS) is 18.8. The average Bonchev–Trinajstić information content (AvgIpc) is 2.97. The highest BCUT2D eigenvalue weighted by Crippen LogP contribution is 2.22. The summed E-state index contributed by atoms with van der Waals surface area (Å²) in [5, 5.41) is 4.03. The first-order chi connectivity index (χ1) is 9.40. The Balaban J connectivity index is 2.17. The zero-order valence-electron chi connectivity index (χ0n) is 12.3. The number of nitrogens with zero attached hydrogens (tertiary/aromatic N) is 4. The van der Waals surface area contributed by atoms with Crippen LogP contribution in [0.1, 0.15) is 45.0 Å². The van der Waals surface area contributed by atoms with E-state index in [1.807, 2.05) is 0 Å². The summed E-state index contributed by atoms with van der Waals surface area (Å²) in [4.78, 5) is 4.19. The molecule has 0 unspecified atom stereocenters. The topological polar surface area (TPSA) is 80.1 Å². The van der Waals surface area contributed by atoms with E-state index in [4.69, 9.17) is 0 Å². The van der Waals surface area contributed by atoms with Gasteiger partial charge in [0, 0.05) is 20.1 Å². The Bertz CT molecular complexity index is 534. The van der Waals surface area contributed by atoms with Gasteiger partial charge >= 0.3 is 0 Å². The molecular weight excluding hydrogens is 278 g/mol. The molecule has 0 saturated carbocycles. The van der Waals surface area contributed by atoms with E-state index in [9.17, 15) is 8.42 Å². The summed E-state index contributed by atoms with van der Waals surface area (Å²) in [6.45, 7) is 5.33. The predicted molar refractivity (Wildman–Crippen MR) is 76.1 cm³/mol. The van der Waals surface area contributed by atoms with Gasteiger partial charge in [0.1, 0.15) is 12.2 Å². The van der Waals surface area contributed by atoms with Crippen molar-refractivity contribution in [3.05, 3.63) is 12.2 Å². The number of nitrogens with one attached hydrogen (secondary N) is 1. The minimum absolute atomic E-state index is 0.340. The quantitative estimate of drug-likeness (QED) is 0.844. The van der Waals surface area contributed by atoms with Crippen LogP contribution in [0.25, 0.3) is 0 Å². The molecule has 1 aromatic rings. The number of aryl methyl sites for hydroxylation is 1. The third kappa shape index (κ3) is 3.56. The SMILES string of the molecule is CC(C)C[C@@H](NS(=O)(=O)N1CCCC1)c1ncnn1C. The third-order valence-electron chi connectivity index (χ3n) is 3.46. The Hall–Kier alpha value is -0.990. The van der Waals surface area contributed by atoms with Crippen molar-refractivity contribution in [1.82, 2.24) is 23.8 Å². The van der Waals surface area contributed by atoms with Gasteiger partial charge in [-0.05, 0) is 25.2 Å². The maximum absolute atomic E-state index is 12.4. The molecule has 0 spiro atoms. The van der Waals surface area contributed by atoms with Crippen molar-refractivity contribution in [2.75, 3.05) is 13.1 Å². The first-order valence-electron chi connectivity index (χ1n) is 7.01. The number of hydrogen-bond acceptors (Lipinski definition) is 4. The molecule has 114 valence electrons. The summed E-state index contributed by atoms with van der Waals surface area (Å²) >= 11 is 0. The van der Waals surface area contributed by atoms with E-state index in [1.165, 1.54) is 10.6 Å². The standard InChI is InChI=1S/C12H23N5O2S/c1-10(2)8-11(12-13-9-14-16(12)3)15-20(18,19)17-6-4-5-7-17/h9-11,15H,4-8H2,1-3H3/t11-/m1/s1. The number of rotatable bonds is 6. The van der Waals surface area contributed by atoms with Crippen LogP contribution < -0.4 is 4.72 Å². The van der Waals surface area contributed by atoms with Gasteiger partial charge in [0.2, 0.25) is 0 Å². The molecule has 2 heterocycles. The van der Waals surface area contributed by atoms with Gasteiger partial charge in [-0.1, -0.05) is 13.8 Å². The molecule has 1 aliphatic rings. The van der Waals surface area contributed by atoms with Gasteiger partial charge < -0.3 is 0 Å². The summed E-state index contributed by atoms with van der Waals surface area (Å²) in [7, 11) is -1.67. The van der Waals surface area contributed by atoms with Crippen molar-refractivity contribution >= 4 is 10.2 Å². The molecule has 1 aliphatic heterocycles. The molecule has 0 amide bonds. The maximum atomic E-state index is 12.4. The van der Waals surface area contributed by atoms with Gasteiger partial charge in [0.15, 0.2) is 0 Å². The van der Waals surface area contributed by atoms with Gasteiger partial charge in [0.05, 0.1) is 6.04 Å². The van der Waals surface area contributed by atoms with Crippen LogP contribution in [0.5, 0.6) is 0 Å². The van der Waals surface area contributed by atoms with E-state index in [0.717, 1.165) is 12.8 Å². The third-order valence-corrected chi connectivity index (χ3v) is 5.09. The van der Waals surface area contributed by atoms with E-state index >= 15 is 0 Å². The van der Waals surface area contributed by atoms with Crippen LogP contribution in [0, 0.1) is 5.92 Å². The molecule has 2 rings (SSSR count). The van der Waals surface area contributed by atoms with Gasteiger partial charge in [-0.2, -0.15) is 22.5 Å². The fraction of sp³-hybridized carbons (Fsp3) is 0.833. The molecule has 1 atom stereocenters. The lowest BCUT2D eigenvalue weighted by Gasteiger charge is -2.23. The Kier molecular flexibility index (Phi) is 4.77. The minimum Gasteiger partial charge on any atom is -0.252 e. The second-order valence-electron chi connectivity index (χ2n) is 5.65. The lowest BCUT2D eigenvalue weighted by molar-refractivity contribution is 0.413. The first kappa shape index (κ1) is 15.4. The van der Waals surface area contributed by atoms with Crippen LogP contribution in [0.15, 0.2) is 6.33 Å². The zero-order valence-corrected chi connectivity index (χ0v) is 13.1. The van der Waals surface area contributed by atoms with E-state index in [1.54, 1.807) is 11.7 Å². The molecule has 1 saturated heterocycles. The molecule has 1 fully saturated rings. The van der Waals surface area contributed by atoms with Gasteiger partial charge in [-0.25, -0.2) is 4.98 Å². The maximum Gasteiger partial charge on any atom is 0.280 e. The van der Waals surface area contributed by atoms with E-state index < -0.39 is 10.2 Å². The molecule has 8 heteroatoms. The Morgan fingerprint density at radius 1 is 1.35 bits per heavy atom. The highest BCUT2D eigenvalue weighted by atomic mass is 32.2. The largest absolute Gasteiger partial charge is 0.280 e. The van der Waals surface area contributed by atoms with Crippen LogP contribution >= 0.6 is 0 Å². The molecular formula is C12H23N5O2S. The summed E-state index contributed by atoms with van der Waals surface area (Å²) in [5.41, 5.74) is 0. The Labute approximate surface area is 120 Å². The van der Waals surface area contributed by atoms with Crippen molar-refractivity contribution < 1.29 is 8.42 Å². The molecule has 20 heavy (non-hydrogen) atoms. The second-order valence-corrected chi connectivity index (χ2v) is 7.36. The predicted octanol–water partition coefficient (Wildman–Crippen LogP) is 0.832. The molecule has 0 aromatic carbocycles. The smallest absolute Gasteiger partial charge is 0.252 e. The van der Waals surface area contributed by atoms with Crippen LogP contribution in [0.3, 0.4) is 0 Å². The number of hydrogen-bond donors (Lipinski definition) is 1. The second kappa shape index (κ2) is 6.19. The van der Waals surface area contributed by atoms with E-state index in [-0.39, 0.29) is 6.04 Å². The van der Waals surface area contributed by atoms with Crippen LogP contribution in [0.2, 0.25) is 0 Å². The molecule has 0 bridgehead atoms. The monoisotopic (exact) mass is 301 g/mol. The fourth-order valence-corrected chi connectivity index (χ4v) is 3.93. The molecule has 7 nitrogen and oxygen atoms in total. The molecule has 1 N–H and O–H groups in total. The van der Waals surface area contributed by atoms with E-state index in [2.05, 4.69) is 28.7 Å². The van der Waals surface area contributed by atoms with Crippen molar-refractivity contribution in [2.45, 2.75) is 39.2 Å². The van der Waals surface area contributed by atoms with Crippen molar-refractivity contribution in [3.63, 3.8) is 0 Å². The summed E-state index contributed by atoms with van der Waals surface area (Å²) in [6, 6.07) is -0.340. The summed E-state index contributed by atoms with van der Waals surface area (Å²) in [5.74, 6) is 1.01. The fourth-order valence-electron chi connectivity index (χ4n) is 2.48. The highest BCUT2D eigenvalue weighted by Gasteiger charge is 2.30. The zero-order chi connectivity index (χ0) is 14.8. The summed E-state index contributed by atoms with van der Waals surface area (Å²) < 4.78 is 30.7. The minimum atomic E-state index is -3.45. The number of aromatic nitrogens is 3. The highest BCUT2D eigenvalue weighted by molar-refractivity contribution is 7.87. The molecule has 1 aromatic heterocycles. The summed E-state index contributed by atoms with van der Waals surface area (Å²) in [6.07, 6.45) is 4.01. The Morgan fingerprint density at radius 2 is 2.00 bits per heavy atom. The average molecular weight is 301 g/mol. The van der Waals surface area contributed by atoms with E-state index in [0.29, 0.717) is 31.3 Å². The van der Waals surface area contributed by atoms with Crippen molar-refractivity contribution in [1.29, 1.82) is 0 Å². The lowest BCUT2D eigenvalue weighted by Crippen LogP contribution is -2.41. The van der Waals surface area contributed by atoms with Crippen molar-refractivity contribution in [2.24, 2.45) is 13.0 Å². The van der Waals surface area contributed by atoms with Gasteiger partial charge in [0.25, 0.3) is 10.2 Å². The molecule has 0 radical (unpaired) electrons. The van der Waals surface area contributed by atoms with Crippen LogP contribution in [-0.4, -0.2) is 40.6 Å². The Morgan fingerprint density at radius 3 is 2.50 bits per heavy atom. The first-order valence-corrected chi connectivity index (χ1v) is 8.45. The van der Waals surface area contributed by atoms with Crippen LogP contribution in [0.4, 0.5) is 0 Å².